The van der Waals surface area contributed by atoms with Gasteiger partial charge in [0.25, 0.3) is 0 Å². The van der Waals surface area contributed by atoms with Gasteiger partial charge in [0.05, 0.1) is 12.5 Å². The molecule has 0 saturated heterocycles. The molecule has 2 aromatic rings. The molecule has 0 heterocycles. The molecule has 0 aromatic heterocycles. The van der Waals surface area contributed by atoms with Crippen molar-refractivity contribution in [2.75, 3.05) is 11.6 Å². The van der Waals surface area contributed by atoms with E-state index < -0.39 is 0 Å². The molecule has 2 rings (SSSR count). The molecule has 0 radical (unpaired) electrons. The van der Waals surface area contributed by atoms with Crippen molar-refractivity contribution >= 4 is 29.3 Å². The average Bonchev–Trinajstić information content (AvgIpc) is 2.55. The first-order valence-corrected chi connectivity index (χ1v) is 9.00. The highest BCUT2D eigenvalue weighted by Crippen LogP contribution is 2.18. The van der Waals surface area contributed by atoms with Crippen molar-refractivity contribution < 1.29 is 9.59 Å². The van der Waals surface area contributed by atoms with E-state index in [-0.39, 0.29) is 17.9 Å². The number of hydrogen-bond acceptors (Lipinski definition) is 3. The molecule has 0 spiro atoms. The van der Waals surface area contributed by atoms with E-state index in [4.69, 9.17) is 0 Å². The molecule has 0 aliphatic rings. The van der Waals surface area contributed by atoms with E-state index in [0.717, 1.165) is 16.8 Å². The standard InChI is InChI=1S/C19H22N2O2S/c1-13(16-5-4-6-17(12-16)21-14(2)22)20-19(23)11-15-7-9-18(24-3)10-8-15/h4-10,12-13H,11H2,1-3H3,(H,20,23)(H,21,22)/t13-/m0/s1. The second kappa shape index (κ2) is 8.55. The van der Waals surface area contributed by atoms with Crippen molar-refractivity contribution in [3.05, 3.63) is 59.7 Å². The number of rotatable bonds is 6. The Labute approximate surface area is 147 Å². The number of thioether (sulfide) groups is 1. The molecule has 0 aliphatic heterocycles. The van der Waals surface area contributed by atoms with Crippen LogP contribution >= 0.6 is 11.8 Å². The second-order valence-electron chi connectivity index (χ2n) is 5.62. The molecule has 0 aliphatic carbocycles. The van der Waals surface area contributed by atoms with Crippen LogP contribution < -0.4 is 10.6 Å². The lowest BCUT2D eigenvalue weighted by atomic mass is 10.1. The van der Waals surface area contributed by atoms with Gasteiger partial charge in [-0.2, -0.15) is 0 Å². The highest BCUT2D eigenvalue weighted by molar-refractivity contribution is 7.98. The number of anilines is 1. The van der Waals surface area contributed by atoms with E-state index in [9.17, 15) is 9.59 Å². The molecule has 0 bridgehead atoms. The molecule has 4 nitrogen and oxygen atoms in total. The third-order valence-corrected chi connectivity index (χ3v) is 4.35. The molecule has 126 valence electrons. The summed E-state index contributed by atoms with van der Waals surface area (Å²) in [5.41, 5.74) is 2.67. The van der Waals surface area contributed by atoms with Crippen molar-refractivity contribution in [3.63, 3.8) is 0 Å². The fourth-order valence-corrected chi connectivity index (χ4v) is 2.80. The van der Waals surface area contributed by atoms with Crippen molar-refractivity contribution in [1.29, 1.82) is 0 Å². The summed E-state index contributed by atoms with van der Waals surface area (Å²) in [6, 6.07) is 15.4. The van der Waals surface area contributed by atoms with Crippen LogP contribution in [0.2, 0.25) is 0 Å². The van der Waals surface area contributed by atoms with Crippen LogP contribution in [0.3, 0.4) is 0 Å². The number of benzene rings is 2. The van der Waals surface area contributed by atoms with Crippen LogP contribution in [0, 0.1) is 0 Å². The van der Waals surface area contributed by atoms with Gasteiger partial charge >= 0.3 is 0 Å². The van der Waals surface area contributed by atoms with E-state index in [1.807, 2.05) is 61.7 Å². The number of carbonyl (C=O) groups is 2. The summed E-state index contributed by atoms with van der Waals surface area (Å²) in [4.78, 5) is 24.5. The van der Waals surface area contributed by atoms with Gasteiger partial charge in [0.1, 0.15) is 0 Å². The van der Waals surface area contributed by atoms with Gasteiger partial charge < -0.3 is 10.6 Å². The first-order valence-electron chi connectivity index (χ1n) is 7.78. The predicted octanol–water partition coefficient (Wildman–Crippen LogP) is 3.79. The minimum atomic E-state index is -0.128. The molecule has 0 saturated carbocycles. The number of hydrogen-bond donors (Lipinski definition) is 2. The summed E-state index contributed by atoms with van der Waals surface area (Å²) in [5.74, 6) is -0.137. The first-order chi connectivity index (χ1) is 11.5. The largest absolute Gasteiger partial charge is 0.349 e. The quantitative estimate of drug-likeness (QED) is 0.785. The molecular weight excluding hydrogens is 320 g/mol. The van der Waals surface area contributed by atoms with Gasteiger partial charge in [0, 0.05) is 17.5 Å². The Kier molecular flexibility index (Phi) is 6.44. The van der Waals surface area contributed by atoms with Gasteiger partial charge in [-0.15, -0.1) is 11.8 Å². The minimum Gasteiger partial charge on any atom is -0.349 e. The molecule has 5 heteroatoms. The molecule has 2 aromatic carbocycles. The zero-order chi connectivity index (χ0) is 17.5. The maximum atomic E-state index is 12.2. The SMILES string of the molecule is CSc1ccc(CC(=O)N[C@@H](C)c2cccc(NC(C)=O)c2)cc1. The van der Waals surface area contributed by atoms with E-state index in [1.165, 1.54) is 11.8 Å². The summed E-state index contributed by atoms with van der Waals surface area (Å²) in [6.07, 6.45) is 2.38. The van der Waals surface area contributed by atoms with Crippen LogP contribution in [0.1, 0.15) is 31.0 Å². The van der Waals surface area contributed by atoms with Crippen molar-refractivity contribution in [2.24, 2.45) is 0 Å². The highest BCUT2D eigenvalue weighted by Gasteiger charge is 2.11. The Balaban J connectivity index is 1.96. The fraction of sp³-hybridized carbons (Fsp3) is 0.263. The Bertz CT molecular complexity index is 714. The van der Waals surface area contributed by atoms with E-state index >= 15 is 0 Å². The van der Waals surface area contributed by atoms with Gasteiger partial charge in [-0.3, -0.25) is 9.59 Å². The van der Waals surface area contributed by atoms with Crippen molar-refractivity contribution in [2.45, 2.75) is 31.2 Å². The van der Waals surface area contributed by atoms with Gasteiger partial charge in [0.2, 0.25) is 11.8 Å². The van der Waals surface area contributed by atoms with Crippen LogP contribution in [0.15, 0.2) is 53.4 Å². The van der Waals surface area contributed by atoms with Crippen LogP contribution in [-0.4, -0.2) is 18.1 Å². The highest BCUT2D eigenvalue weighted by atomic mass is 32.2. The summed E-state index contributed by atoms with van der Waals surface area (Å²) in [5, 5.41) is 5.75. The second-order valence-corrected chi connectivity index (χ2v) is 6.50. The van der Waals surface area contributed by atoms with Gasteiger partial charge in [-0.1, -0.05) is 24.3 Å². The Morgan fingerprint density at radius 2 is 1.83 bits per heavy atom. The van der Waals surface area contributed by atoms with Crippen LogP contribution in [0.4, 0.5) is 5.69 Å². The molecule has 2 N–H and O–H groups in total. The van der Waals surface area contributed by atoms with Crippen LogP contribution in [-0.2, 0) is 16.0 Å². The Morgan fingerprint density at radius 3 is 2.46 bits per heavy atom. The minimum absolute atomic E-state index is 0.0238. The molecular formula is C19H22N2O2S. The Morgan fingerprint density at radius 1 is 1.12 bits per heavy atom. The first kappa shape index (κ1) is 18.1. The van der Waals surface area contributed by atoms with Crippen LogP contribution in [0.25, 0.3) is 0 Å². The van der Waals surface area contributed by atoms with Crippen molar-refractivity contribution in [3.8, 4) is 0 Å². The number of amides is 2. The third kappa shape index (κ3) is 5.42. The molecule has 24 heavy (non-hydrogen) atoms. The number of nitrogens with one attached hydrogen (secondary N) is 2. The molecule has 1 atom stereocenters. The lowest BCUT2D eigenvalue weighted by molar-refractivity contribution is -0.121. The van der Waals surface area contributed by atoms with E-state index in [0.29, 0.717) is 6.42 Å². The normalized spacial score (nSPS) is 11.6. The predicted molar refractivity (Wildman–Crippen MR) is 99.2 cm³/mol. The topological polar surface area (TPSA) is 58.2 Å². The lowest BCUT2D eigenvalue weighted by Gasteiger charge is -2.15. The smallest absolute Gasteiger partial charge is 0.224 e. The van der Waals surface area contributed by atoms with E-state index in [2.05, 4.69) is 10.6 Å². The summed E-state index contributed by atoms with van der Waals surface area (Å²) < 4.78 is 0. The summed E-state index contributed by atoms with van der Waals surface area (Å²) in [7, 11) is 0. The zero-order valence-electron chi connectivity index (χ0n) is 14.1. The fourth-order valence-electron chi connectivity index (χ4n) is 2.39. The monoisotopic (exact) mass is 342 g/mol. The van der Waals surface area contributed by atoms with Gasteiger partial charge in [0.15, 0.2) is 0 Å². The molecule has 0 unspecified atom stereocenters. The average molecular weight is 342 g/mol. The Hall–Kier alpha value is -2.27. The zero-order valence-corrected chi connectivity index (χ0v) is 14.9. The van der Waals surface area contributed by atoms with E-state index in [1.54, 1.807) is 11.8 Å². The molecule has 0 fully saturated rings. The lowest BCUT2D eigenvalue weighted by Crippen LogP contribution is -2.28. The summed E-state index contributed by atoms with van der Waals surface area (Å²) >= 11 is 1.68. The van der Waals surface area contributed by atoms with Crippen LogP contribution in [0.5, 0.6) is 0 Å². The molecule has 2 amide bonds. The maximum Gasteiger partial charge on any atom is 0.224 e. The summed E-state index contributed by atoms with van der Waals surface area (Å²) in [6.45, 7) is 3.40. The van der Waals surface area contributed by atoms with Crippen molar-refractivity contribution in [1.82, 2.24) is 5.32 Å². The third-order valence-electron chi connectivity index (χ3n) is 3.61. The number of carbonyl (C=O) groups excluding carboxylic acids is 2. The van der Waals surface area contributed by atoms with Gasteiger partial charge in [-0.05, 0) is 48.6 Å². The maximum absolute atomic E-state index is 12.2. The van der Waals surface area contributed by atoms with Gasteiger partial charge in [-0.25, -0.2) is 0 Å².